The number of hydrogen-bond acceptors (Lipinski definition) is 2. The molecule has 0 bridgehead atoms. The van der Waals surface area contributed by atoms with Crippen molar-refractivity contribution in [3.05, 3.63) is 36.1 Å². The van der Waals surface area contributed by atoms with Gasteiger partial charge in [0.15, 0.2) is 0 Å². The van der Waals surface area contributed by atoms with E-state index in [1.807, 2.05) is 36.4 Å². The molecule has 49 valence electrons. The zero-order valence-corrected chi connectivity index (χ0v) is 6.14. The fraction of sp³-hybridized carbons (Fsp3) is 0. The normalized spacial score (nSPS) is 8.70. The van der Waals surface area contributed by atoms with Gasteiger partial charge in [0.25, 0.3) is 0 Å². The number of hydrogen-bond donors (Lipinski definition) is 0. The van der Waals surface area contributed by atoms with Crippen LogP contribution in [0.5, 0.6) is 0 Å². The van der Waals surface area contributed by atoms with Crippen molar-refractivity contribution in [1.82, 2.24) is 0 Å². The van der Waals surface area contributed by atoms with E-state index < -0.39 is 0 Å². The van der Waals surface area contributed by atoms with E-state index in [1.165, 1.54) is 17.5 Å². The van der Waals surface area contributed by atoms with Crippen LogP contribution in [0.1, 0.15) is 0 Å². The molecule has 0 unspecified atom stereocenters. The summed E-state index contributed by atoms with van der Waals surface area (Å²) in [6, 6.07) is 11.8. The van der Waals surface area contributed by atoms with E-state index in [0.29, 0.717) is 0 Å². The van der Waals surface area contributed by atoms with Crippen LogP contribution in [0.2, 0.25) is 0 Å². The zero-order chi connectivity index (χ0) is 7.23. The summed E-state index contributed by atoms with van der Waals surface area (Å²) in [6.07, 6.45) is 0. The average molecular weight is 148 g/mol. The molecule has 1 aromatic carbocycles. The van der Waals surface area contributed by atoms with Crippen molar-refractivity contribution in [1.29, 1.82) is 5.26 Å². The first-order valence-corrected chi connectivity index (χ1v) is 3.74. The second-order valence-electron chi connectivity index (χ2n) is 1.68. The Morgan fingerprint density at radius 2 is 2.00 bits per heavy atom. The van der Waals surface area contributed by atoms with Gasteiger partial charge in [-0.25, -0.2) is 0 Å². The molecule has 1 radical (unpaired) electrons. The fourth-order valence-electron chi connectivity index (χ4n) is 0.593. The van der Waals surface area contributed by atoms with E-state index in [1.54, 1.807) is 0 Å². The first-order valence-electron chi connectivity index (χ1n) is 2.86. The predicted molar refractivity (Wildman–Crippen MR) is 42.2 cm³/mol. The van der Waals surface area contributed by atoms with Crippen LogP contribution in [0.25, 0.3) is 0 Å². The Labute approximate surface area is 64.7 Å². The molecule has 0 spiro atoms. The summed E-state index contributed by atoms with van der Waals surface area (Å²) >= 11 is 1.43. The second-order valence-corrected chi connectivity index (χ2v) is 2.62. The lowest BCUT2D eigenvalue weighted by atomic mass is 10.4. The summed E-state index contributed by atoms with van der Waals surface area (Å²) in [5, 5.41) is 8.20. The van der Waals surface area contributed by atoms with Crippen LogP contribution in [0.4, 0.5) is 0 Å². The van der Waals surface area contributed by atoms with Crippen molar-refractivity contribution in [3.63, 3.8) is 0 Å². The van der Waals surface area contributed by atoms with Gasteiger partial charge >= 0.3 is 0 Å². The number of rotatable bonds is 2. The second kappa shape index (κ2) is 3.97. The number of benzene rings is 1. The van der Waals surface area contributed by atoms with Crippen LogP contribution in [-0.4, -0.2) is 0 Å². The summed E-state index contributed by atoms with van der Waals surface area (Å²) in [7, 11) is 0. The van der Waals surface area contributed by atoms with Gasteiger partial charge in [-0.2, -0.15) is 5.26 Å². The van der Waals surface area contributed by atoms with Gasteiger partial charge in [0.05, 0.1) is 6.07 Å². The molecule has 1 aromatic rings. The largest absolute Gasteiger partial charge is 0.197 e. The molecule has 10 heavy (non-hydrogen) atoms. The molecule has 0 saturated carbocycles. The Morgan fingerprint density at radius 1 is 1.30 bits per heavy atom. The lowest BCUT2D eigenvalue weighted by Gasteiger charge is -1.91. The first kappa shape index (κ1) is 7.17. The van der Waals surface area contributed by atoms with Gasteiger partial charge < -0.3 is 0 Å². The highest BCUT2D eigenvalue weighted by molar-refractivity contribution is 8.01. The maximum absolute atomic E-state index is 8.20. The van der Waals surface area contributed by atoms with Crippen molar-refractivity contribution in [3.8, 4) is 6.07 Å². The average Bonchev–Trinajstić information content (AvgIpc) is 2.03. The molecule has 1 rings (SSSR count). The van der Waals surface area contributed by atoms with Crippen LogP contribution in [-0.2, 0) is 0 Å². The number of nitrogens with zero attached hydrogens (tertiary/aromatic N) is 1. The number of nitriles is 1. The molecular weight excluding hydrogens is 142 g/mol. The van der Waals surface area contributed by atoms with Crippen LogP contribution in [0.3, 0.4) is 0 Å². The van der Waals surface area contributed by atoms with Gasteiger partial charge in [-0.05, 0) is 12.1 Å². The third-order valence-electron chi connectivity index (χ3n) is 0.991. The van der Waals surface area contributed by atoms with E-state index in [0.717, 1.165) is 4.90 Å². The van der Waals surface area contributed by atoms with Crippen LogP contribution < -0.4 is 0 Å². The molecule has 0 aromatic heterocycles. The Hall–Kier alpha value is -0.940. The Kier molecular flexibility index (Phi) is 2.85. The highest BCUT2D eigenvalue weighted by Crippen LogP contribution is 2.18. The Bertz CT molecular complexity index is 225. The molecule has 2 heteroatoms. The van der Waals surface area contributed by atoms with Gasteiger partial charge in [-0.1, -0.05) is 18.2 Å². The molecule has 0 aliphatic carbocycles. The summed E-state index contributed by atoms with van der Waals surface area (Å²) < 4.78 is 0. The summed E-state index contributed by atoms with van der Waals surface area (Å²) in [5.41, 5.74) is 0. The molecule has 0 fully saturated rings. The zero-order valence-electron chi connectivity index (χ0n) is 5.32. The molecule has 0 atom stereocenters. The maximum Gasteiger partial charge on any atom is 0.122 e. The fourth-order valence-corrected chi connectivity index (χ4v) is 1.10. The van der Waals surface area contributed by atoms with Crippen molar-refractivity contribution < 1.29 is 0 Å². The number of thioether (sulfide) groups is 1. The minimum absolute atomic E-state index is 1.10. The van der Waals surface area contributed by atoms with E-state index in [9.17, 15) is 0 Å². The molecule has 0 aliphatic rings. The Balaban J connectivity index is 2.52. The van der Waals surface area contributed by atoms with Crippen molar-refractivity contribution >= 4 is 11.8 Å². The first-order chi connectivity index (χ1) is 4.93. The van der Waals surface area contributed by atoms with Crippen molar-refractivity contribution in [2.45, 2.75) is 4.90 Å². The van der Waals surface area contributed by atoms with E-state index >= 15 is 0 Å². The van der Waals surface area contributed by atoms with E-state index in [4.69, 9.17) is 5.26 Å². The van der Waals surface area contributed by atoms with Gasteiger partial charge in [0.2, 0.25) is 0 Å². The van der Waals surface area contributed by atoms with Crippen LogP contribution >= 0.6 is 11.8 Å². The molecule has 1 nitrogen and oxygen atoms in total. The van der Waals surface area contributed by atoms with Crippen molar-refractivity contribution in [2.75, 3.05) is 0 Å². The monoisotopic (exact) mass is 148 g/mol. The smallest absolute Gasteiger partial charge is 0.122 e. The van der Waals surface area contributed by atoms with Crippen LogP contribution in [0, 0.1) is 17.1 Å². The maximum atomic E-state index is 8.20. The summed E-state index contributed by atoms with van der Waals surface area (Å²) in [5.74, 6) is 1.51. The highest BCUT2D eigenvalue weighted by atomic mass is 32.2. The molecule has 0 amide bonds. The predicted octanol–water partition coefficient (Wildman–Crippen LogP) is 2.46. The summed E-state index contributed by atoms with van der Waals surface area (Å²) in [4.78, 5) is 1.10. The third kappa shape index (κ3) is 2.12. The molecule has 0 aliphatic heterocycles. The minimum atomic E-state index is 1.10. The van der Waals surface area contributed by atoms with Gasteiger partial charge in [-0.15, -0.1) is 11.8 Å². The lowest BCUT2D eigenvalue weighted by Crippen LogP contribution is -1.66. The molecule has 0 N–H and O–H groups in total. The van der Waals surface area contributed by atoms with Gasteiger partial charge in [0, 0.05) is 4.90 Å². The highest BCUT2D eigenvalue weighted by Gasteiger charge is 1.88. The molecule has 0 saturated heterocycles. The van der Waals surface area contributed by atoms with E-state index in [2.05, 4.69) is 0 Å². The van der Waals surface area contributed by atoms with Crippen molar-refractivity contribution in [2.24, 2.45) is 0 Å². The van der Waals surface area contributed by atoms with Gasteiger partial charge in [0.1, 0.15) is 5.75 Å². The topological polar surface area (TPSA) is 23.8 Å². The van der Waals surface area contributed by atoms with Crippen LogP contribution in [0.15, 0.2) is 35.2 Å². The molecular formula is C8H6NS. The Morgan fingerprint density at radius 3 is 2.60 bits per heavy atom. The van der Waals surface area contributed by atoms with E-state index in [-0.39, 0.29) is 0 Å². The summed E-state index contributed by atoms with van der Waals surface area (Å²) in [6.45, 7) is 0. The van der Waals surface area contributed by atoms with Gasteiger partial charge in [-0.3, -0.25) is 0 Å². The minimum Gasteiger partial charge on any atom is -0.197 e. The third-order valence-corrected chi connectivity index (χ3v) is 1.76. The lowest BCUT2D eigenvalue weighted by molar-refractivity contribution is 1.47. The SMILES string of the molecule is N#C[CH]Sc1ccccc1. The molecule has 0 heterocycles. The quantitative estimate of drug-likeness (QED) is 0.601. The standard InChI is InChI=1S/C8H6NS/c9-6-7-10-8-4-2-1-3-5-8/h1-5,7H.